The molecule has 1 N–H and O–H groups in total. The summed E-state index contributed by atoms with van der Waals surface area (Å²) >= 11 is 1.10. The van der Waals surface area contributed by atoms with Crippen LogP contribution in [-0.4, -0.2) is 33.0 Å². The number of hydrogen-bond donors (Lipinski definition) is 1. The van der Waals surface area contributed by atoms with Crippen LogP contribution in [0.5, 0.6) is 5.75 Å². The first-order valence-corrected chi connectivity index (χ1v) is 11.4. The molecule has 180 valence electrons. The average molecular weight is 499 g/mol. The van der Waals surface area contributed by atoms with Crippen molar-refractivity contribution in [3.05, 3.63) is 84.4 Å². The lowest BCUT2D eigenvalue weighted by atomic mass is 10.1. The molecule has 1 atom stereocenters. The molecule has 0 aliphatic rings. The van der Waals surface area contributed by atoms with E-state index in [0.717, 1.165) is 29.1 Å². The summed E-state index contributed by atoms with van der Waals surface area (Å²) in [5.41, 5.74) is 0.328. The fourth-order valence-electron chi connectivity index (χ4n) is 3.39. The Morgan fingerprint density at radius 3 is 2.43 bits per heavy atom. The van der Waals surface area contributed by atoms with Crippen molar-refractivity contribution in [3.63, 3.8) is 0 Å². The zero-order valence-electron chi connectivity index (χ0n) is 18.8. The van der Waals surface area contributed by atoms with E-state index in [2.05, 4.69) is 15.5 Å². The molecule has 0 saturated heterocycles. The largest absolute Gasteiger partial charge is 0.497 e. The molecule has 0 aliphatic heterocycles. The van der Waals surface area contributed by atoms with Crippen molar-refractivity contribution in [2.45, 2.75) is 23.5 Å². The highest BCUT2D eigenvalue weighted by atomic mass is 32.2. The Morgan fingerprint density at radius 1 is 1.00 bits per heavy atom. The molecule has 1 aromatic heterocycles. The van der Waals surface area contributed by atoms with E-state index in [1.807, 2.05) is 54.6 Å². The number of ether oxygens (including phenoxy) is 1. The van der Waals surface area contributed by atoms with Gasteiger partial charge in [-0.25, -0.2) is 0 Å². The number of anilines is 1. The average Bonchev–Trinajstić information content (AvgIpc) is 3.27. The van der Waals surface area contributed by atoms with Gasteiger partial charge < -0.3 is 10.1 Å². The van der Waals surface area contributed by atoms with Gasteiger partial charge in [-0.3, -0.25) is 9.36 Å². The number of hydrogen-bond acceptors (Lipinski definition) is 5. The number of alkyl halides is 3. The van der Waals surface area contributed by atoms with Crippen LogP contribution in [0.2, 0.25) is 0 Å². The molecular formula is C25H21F3N4O2S. The Bertz CT molecular complexity index is 1330. The van der Waals surface area contributed by atoms with Crippen LogP contribution >= 0.6 is 11.8 Å². The highest BCUT2D eigenvalue weighted by Gasteiger charge is 2.34. The first kappa shape index (κ1) is 24.3. The van der Waals surface area contributed by atoms with Crippen LogP contribution in [-0.2, 0) is 11.0 Å². The molecule has 1 unspecified atom stereocenters. The Hall–Kier alpha value is -3.79. The Labute approximate surface area is 204 Å². The number of benzene rings is 3. The predicted octanol–water partition coefficient (Wildman–Crippen LogP) is 6.08. The molecule has 0 spiro atoms. The fraction of sp³-hybridized carbons (Fsp3) is 0.160. The van der Waals surface area contributed by atoms with Crippen LogP contribution < -0.4 is 10.1 Å². The number of halogens is 3. The number of para-hydroxylation sites is 2. The maximum atomic E-state index is 13.3. The standard InChI is InChI=1S/C25H21F3N4O2S/c1-16(23(33)29-21-14-7-6-13-20(21)25(26,27)28)35-24-31-30-22(17-9-8-12-19(15-17)34-2)32(24)18-10-4-3-5-11-18/h3-16H,1-2H3,(H,29,33). The molecule has 0 saturated carbocycles. The summed E-state index contributed by atoms with van der Waals surface area (Å²) in [4.78, 5) is 12.8. The van der Waals surface area contributed by atoms with E-state index in [1.54, 1.807) is 18.6 Å². The second-order valence-corrected chi connectivity index (χ2v) is 8.81. The van der Waals surface area contributed by atoms with E-state index in [4.69, 9.17) is 4.74 Å². The molecule has 4 rings (SSSR count). The molecule has 0 radical (unpaired) electrons. The van der Waals surface area contributed by atoms with E-state index in [1.165, 1.54) is 18.2 Å². The molecular weight excluding hydrogens is 477 g/mol. The minimum Gasteiger partial charge on any atom is -0.497 e. The van der Waals surface area contributed by atoms with Crippen molar-refractivity contribution < 1.29 is 22.7 Å². The van der Waals surface area contributed by atoms with Crippen LogP contribution in [0.15, 0.2) is 84.0 Å². The number of rotatable bonds is 7. The Kier molecular flexibility index (Phi) is 7.11. The molecule has 0 fully saturated rings. The molecule has 10 heteroatoms. The van der Waals surface area contributed by atoms with Crippen LogP contribution in [0.3, 0.4) is 0 Å². The van der Waals surface area contributed by atoms with Gasteiger partial charge in [0.1, 0.15) is 5.75 Å². The highest BCUT2D eigenvalue weighted by molar-refractivity contribution is 8.00. The van der Waals surface area contributed by atoms with E-state index < -0.39 is 22.9 Å². The summed E-state index contributed by atoms with van der Waals surface area (Å²) in [5.74, 6) is 0.597. The third-order valence-electron chi connectivity index (χ3n) is 5.12. The third-order valence-corrected chi connectivity index (χ3v) is 6.16. The van der Waals surface area contributed by atoms with Gasteiger partial charge in [0.2, 0.25) is 5.91 Å². The number of thioether (sulfide) groups is 1. The zero-order valence-corrected chi connectivity index (χ0v) is 19.6. The minimum absolute atomic E-state index is 0.293. The van der Waals surface area contributed by atoms with E-state index in [9.17, 15) is 18.0 Å². The van der Waals surface area contributed by atoms with Gasteiger partial charge >= 0.3 is 6.18 Å². The second-order valence-electron chi connectivity index (χ2n) is 7.50. The lowest BCUT2D eigenvalue weighted by molar-refractivity contribution is -0.137. The predicted molar refractivity (Wildman–Crippen MR) is 129 cm³/mol. The molecule has 0 aliphatic carbocycles. The van der Waals surface area contributed by atoms with Gasteiger partial charge in [-0.2, -0.15) is 13.2 Å². The molecule has 6 nitrogen and oxygen atoms in total. The Balaban J connectivity index is 1.64. The fourth-order valence-corrected chi connectivity index (χ4v) is 4.26. The number of aromatic nitrogens is 3. The van der Waals surface area contributed by atoms with Gasteiger partial charge in [-0.05, 0) is 43.3 Å². The summed E-state index contributed by atoms with van der Waals surface area (Å²) in [7, 11) is 1.57. The molecule has 4 aromatic rings. The maximum Gasteiger partial charge on any atom is 0.418 e. The molecule has 35 heavy (non-hydrogen) atoms. The normalized spacial score (nSPS) is 12.3. The van der Waals surface area contributed by atoms with E-state index >= 15 is 0 Å². The Morgan fingerprint density at radius 2 is 1.71 bits per heavy atom. The van der Waals surface area contributed by atoms with Gasteiger partial charge in [0.15, 0.2) is 11.0 Å². The summed E-state index contributed by atoms with van der Waals surface area (Å²) in [6, 6.07) is 21.6. The minimum atomic E-state index is -4.58. The summed E-state index contributed by atoms with van der Waals surface area (Å²) < 4.78 is 47.1. The van der Waals surface area contributed by atoms with Gasteiger partial charge in [0, 0.05) is 11.3 Å². The number of methoxy groups -OCH3 is 1. The SMILES string of the molecule is COc1cccc(-c2nnc(SC(C)C(=O)Nc3ccccc3C(F)(F)F)n2-c2ccccc2)c1. The number of nitrogens with one attached hydrogen (secondary N) is 1. The van der Waals surface area contributed by atoms with Gasteiger partial charge in [0.05, 0.1) is 23.6 Å². The van der Waals surface area contributed by atoms with Crippen molar-refractivity contribution in [2.24, 2.45) is 0 Å². The smallest absolute Gasteiger partial charge is 0.418 e. The molecule has 1 heterocycles. The first-order valence-electron chi connectivity index (χ1n) is 10.6. The van der Waals surface area contributed by atoms with Crippen molar-refractivity contribution in [1.29, 1.82) is 0 Å². The highest BCUT2D eigenvalue weighted by Crippen LogP contribution is 2.36. The molecule has 0 bridgehead atoms. The second kappa shape index (κ2) is 10.2. The number of amides is 1. The first-order chi connectivity index (χ1) is 16.8. The lowest BCUT2D eigenvalue weighted by Gasteiger charge is -2.16. The number of carbonyl (C=O) groups excluding carboxylic acids is 1. The van der Waals surface area contributed by atoms with Gasteiger partial charge in [-0.15, -0.1) is 10.2 Å². The molecule has 3 aromatic carbocycles. The van der Waals surface area contributed by atoms with Gasteiger partial charge in [0.25, 0.3) is 0 Å². The maximum absolute atomic E-state index is 13.3. The van der Waals surface area contributed by atoms with Crippen molar-refractivity contribution in [2.75, 3.05) is 12.4 Å². The number of carbonyl (C=O) groups is 1. The van der Waals surface area contributed by atoms with Crippen LogP contribution in [0.4, 0.5) is 18.9 Å². The van der Waals surface area contributed by atoms with Crippen LogP contribution in [0, 0.1) is 0 Å². The molecule has 1 amide bonds. The van der Waals surface area contributed by atoms with Crippen molar-refractivity contribution in [3.8, 4) is 22.8 Å². The summed E-state index contributed by atoms with van der Waals surface area (Å²) in [6.45, 7) is 1.60. The summed E-state index contributed by atoms with van der Waals surface area (Å²) in [6.07, 6.45) is -4.58. The summed E-state index contributed by atoms with van der Waals surface area (Å²) in [5, 5.41) is 10.7. The quantitative estimate of drug-likeness (QED) is 0.313. The van der Waals surface area contributed by atoms with E-state index in [0.29, 0.717) is 16.7 Å². The van der Waals surface area contributed by atoms with Crippen molar-refractivity contribution in [1.82, 2.24) is 14.8 Å². The topological polar surface area (TPSA) is 69.0 Å². The van der Waals surface area contributed by atoms with Gasteiger partial charge in [-0.1, -0.05) is 54.2 Å². The monoisotopic (exact) mass is 498 g/mol. The lowest BCUT2D eigenvalue weighted by Crippen LogP contribution is -2.24. The van der Waals surface area contributed by atoms with E-state index in [-0.39, 0.29) is 5.69 Å². The third kappa shape index (κ3) is 5.48. The van der Waals surface area contributed by atoms with Crippen molar-refractivity contribution >= 4 is 23.4 Å². The van der Waals surface area contributed by atoms with Crippen LogP contribution in [0.1, 0.15) is 12.5 Å². The number of nitrogens with zero attached hydrogens (tertiary/aromatic N) is 3. The zero-order chi connectivity index (χ0) is 25.0. The van der Waals surface area contributed by atoms with Crippen LogP contribution in [0.25, 0.3) is 17.1 Å².